The maximum atomic E-state index is 8.76. The molecule has 19 aromatic rings. The summed E-state index contributed by atoms with van der Waals surface area (Å²) in [6, 6.07) is 101. The molecule has 0 unspecified atom stereocenters. The van der Waals surface area contributed by atoms with Crippen LogP contribution in [0.5, 0.6) is 0 Å². The van der Waals surface area contributed by atoms with E-state index in [-0.39, 0.29) is 0 Å². The molecule has 0 saturated carbocycles. The van der Waals surface area contributed by atoms with E-state index in [0.717, 1.165) is 171 Å². The van der Waals surface area contributed by atoms with E-state index in [1.54, 1.807) is 0 Å². The minimum atomic E-state index is 0.544. The average molecular weight is 1100 g/mol. The molecule has 0 radical (unpaired) electrons. The Kier molecular flexibility index (Phi) is 9.55. The summed E-state index contributed by atoms with van der Waals surface area (Å²) in [4.78, 5) is 4.23. The van der Waals surface area contributed by atoms with Crippen LogP contribution in [-0.4, -0.2) is 22.8 Å². The Hall–Kier alpha value is -11.9. The molecular formula is C79H46N6O. The zero-order valence-electron chi connectivity index (χ0n) is 46.1. The van der Waals surface area contributed by atoms with Gasteiger partial charge in [0.15, 0.2) is 5.69 Å². The highest BCUT2D eigenvalue weighted by Crippen LogP contribution is 2.55. The van der Waals surface area contributed by atoms with Crippen LogP contribution >= 0.6 is 0 Å². The van der Waals surface area contributed by atoms with E-state index in [2.05, 4.69) is 301 Å². The standard InChI is InChI=1S/C79H46N6O/c1-80-49-24-22-23-48(47-49)72-74(81-61-35-12-2-25-50(61)51-26-3-13-36-62(51)81)76(83-65-39-16-6-29-54(65)55-30-7-17-40-66(55)83)78(85-69-43-20-10-34-60(69)73-70(85)46-45-59-58-33-11-21-44-71(58)86-79(59)73)77(84-67-41-18-8-31-56(67)57-32-9-19-42-68(57)84)75(72)82-63-37-14-4-27-52(63)53-28-5-15-38-64(53)82/h2-47H. The van der Waals surface area contributed by atoms with Crippen LogP contribution in [-0.2, 0) is 0 Å². The fourth-order valence-electron chi connectivity index (χ4n) is 14.9. The first-order valence-electron chi connectivity index (χ1n) is 29.2. The average Bonchev–Trinajstić information content (AvgIpc) is 1.44. The Labute approximate surface area is 491 Å². The molecule has 0 N–H and O–H groups in total. The van der Waals surface area contributed by atoms with Crippen molar-refractivity contribution in [2.45, 2.75) is 0 Å². The maximum absolute atomic E-state index is 8.76. The van der Waals surface area contributed by atoms with Crippen molar-refractivity contribution in [1.82, 2.24) is 22.8 Å². The summed E-state index contributed by atoms with van der Waals surface area (Å²) in [5.74, 6) is 0. The quantitative estimate of drug-likeness (QED) is 0.153. The molecule has 0 atom stereocenters. The molecule has 6 heterocycles. The molecule has 398 valence electrons. The third kappa shape index (κ3) is 6.18. The molecule has 19 rings (SSSR count). The van der Waals surface area contributed by atoms with E-state index in [9.17, 15) is 0 Å². The summed E-state index contributed by atoms with van der Waals surface area (Å²) in [6.07, 6.45) is 0. The monoisotopic (exact) mass is 1090 g/mol. The molecular weight excluding hydrogens is 1050 g/mol. The zero-order valence-corrected chi connectivity index (χ0v) is 46.1. The number of hydrogen-bond donors (Lipinski definition) is 0. The molecule has 0 bridgehead atoms. The van der Waals surface area contributed by atoms with Crippen molar-refractivity contribution < 1.29 is 4.42 Å². The van der Waals surface area contributed by atoms with Crippen LogP contribution in [0.3, 0.4) is 0 Å². The van der Waals surface area contributed by atoms with Gasteiger partial charge in [0.05, 0.1) is 95.6 Å². The molecule has 0 spiro atoms. The largest absolute Gasteiger partial charge is 0.455 e. The van der Waals surface area contributed by atoms with Crippen LogP contribution in [0.15, 0.2) is 283 Å². The third-order valence-electron chi connectivity index (χ3n) is 18.3. The van der Waals surface area contributed by atoms with E-state index in [0.29, 0.717) is 5.69 Å². The first-order valence-corrected chi connectivity index (χ1v) is 29.2. The Morgan fingerprint density at radius 2 is 0.570 bits per heavy atom. The summed E-state index contributed by atoms with van der Waals surface area (Å²) < 4.78 is 20.0. The van der Waals surface area contributed by atoms with Gasteiger partial charge in [0.25, 0.3) is 0 Å². The van der Waals surface area contributed by atoms with Gasteiger partial charge in [-0.2, -0.15) is 0 Å². The number of rotatable bonds is 6. The number of para-hydroxylation sites is 10. The molecule has 0 aliphatic heterocycles. The lowest BCUT2D eigenvalue weighted by molar-refractivity contribution is 0.673. The number of fused-ring (bicyclic) bond motifs is 19. The summed E-state index contributed by atoms with van der Waals surface area (Å²) in [7, 11) is 0. The van der Waals surface area contributed by atoms with E-state index < -0.39 is 0 Å². The molecule has 6 aromatic heterocycles. The van der Waals surface area contributed by atoms with Gasteiger partial charge >= 0.3 is 0 Å². The number of hydrogen-bond acceptors (Lipinski definition) is 1. The van der Waals surface area contributed by atoms with Crippen molar-refractivity contribution in [2.75, 3.05) is 0 Å². The lowest BCUT2D eigenvalue weighted by Crippen LogP contribution is -2.18. The van der Waals surface area contributed by atoms with Crippen LogP contribution in [0, 0.1) is 6.57 Å². The molecule has 13 aromatic carbocycles. The lowest BCUT2D eigenvalue weighted by Gasteiger charge is -2.32. The molecule has 7 nitrogen and oxygen atoms in total. The summed E-state index contributed by atoms with van der Waals surface area (Å²) in [5, 5.41) is 13.3. The van der Waals surface area contributed by atoms with Crippen molar-refractivity contribution in [1.29, 1.82) is 0 Å². The Morgan fingerprint density at radius 1 is 0.256 bits per heavy atom. The van der Waals surface area contributed by atoms with Crippen LogP contribution < -0.4 is 0 Å². The van der Waals surface area contributed by atoms with Gasteiger partial charge in [0.2, 0.25) is 0 Å². The highest BCUT2D eigenvalue weighted by Gasteiger charge is 2.37. The Morgan fingerprint density at radius 3 is 0.965 bits per heavy atom. The van der Waals surface area contributed by atoms with Crippen molar-refractivity contribution in [3.05, 3.63) is 290 Å². The highest BCUT2D eigenvalue weighted by molar-refractivity contribution is 6.25. The topological polar surface area (TPSA) is 42.1 Å². The predicted molar refractivity (Wildman–Crippen MR) is 357 cm³/mol. The fourth-order valence-corrected chi connectivity index (χ4v) is 14.9. The van der Waals surface area contributed by atoms with Gasteiger partial charge in [0.1, 0.15) is 11.2 Å². The number of furan rings is 1. The van der Waals surface area contributed by atoms with Crippen molar-refractivity contribution in [3.8, 4) is 39.6 Å². The first kappa shape index (κ1) is 46.7. The smallest absolute Gasteiger partial charge is 0.187 e. The van der Waals surface area contributed by atoms with Crippen molar-refractivity contribution >= 4 is 137 Å². The van der Waals surface area contributed by atoms with E-state index >= 15 is 0 Å². The second-order valence-corrected chi connectivity index (χ2v) is 22.5. The van der Waals surface area contributed by atoms with Crippen LogP contribution in [0.2, 0.25) is 0 Å². The molecule has 0 aliphatic rings. The van der Waals surface area contributed by atoms with Gasteiger partial charge in [-0.1, -0.05) is 200 Å². The van der Waals surface area contributed by atoms with E-state index in [4.69, 9.17) is 11.0 Å². The minimum absolute atomic E-state index is 0.544. The number of nitrogens with zero attached hydrogens (tertiary/aromatic N) is 6. The maximum Gasteiger partial charge on any atom is 0.187 e. The van der Waals surface area contributed by atoms with Gasteiger partial charge in [-0.3, -0.25) is 0 Å². The molecule has 0 fully saturated rings. The minimum Gasteiger partial charge on any atom is -0.455 e. The first-order chi connectivity index (χ1) is 42.7. The van der Waals surface area contributed by atoms with E-state index in [1.807, 2.05) is 6.07 Å². The lowest BCUT2D eigenvalue weighted by atomic mass is 9.94. The van der Waals surface area contributed by atoms with Gasteiger partial charge in [-0.25, -0.2) is 4.85 Å². The third-order valence-corrected chi connectivity index (χ3v) is 18.3. The zero-order chi connectivity index (χ0) is 56.3. The molecule has 7 heteroatoms. The van der Waals surface area contributed by atoms with Crippen LogP contribution in [0.25, 0.3) is 175 Å². The summed E-state index contributed by atoms with van der Waals surface area (Å²) >= 11 is 0. The van der Waals surface area contributed by atoms with Crippen molar-refractivity contribution in [2.24, 2.45) is 0 Å². The number of benzene rings is 13. The second kappa shape index (κ2) is 17.6. The highest BCUT2D eigenvalue weighted by atomic mass is 16.3. The Bertz CT molecular complexity index is 5720. The molecule has 0 aliphatic carbocycles. The van der Waals surface area contributed by atoms with Crippen LogP contribution in [0.4, 0.5) is 5.69 Å². The fraction of sp³-hybridized carbons (Fsp3) is 0. The van der Waals surface area contributed by atoms with Gasteiger partial charge < -0.3 is 27.3 Å². The summed E-state index contributed by atoms with van der Waals surface area (Å²) in [6.45, 7) is 8.76. The van der Waals surface area contributed by atoms with Crippen LogP contribution in [0.1, 0.15) is 0 Å². The summed E-state index contributed by atoms with van der Waals surface area (Å²) in [5.41, 5.74) is 19.2. The van der Waals surface area contributed by atoms with Gasteiger partial charge in [0, 0.05) is 64.8 Å². The molecule has 86 heavy (non-hydrogen) atoms. The second-order valence-electron chi connectivity index (χ2n) is 22.5. The van der Waals surface area contributed by atoms with Gasteiger partial charge in [-0.05, 0) is 84.4 Å². The number of aromatic nitrogens is 5. The molecule has 0 amide bonds. The molecule has 0 saturated heterocycles. The SMILES string of the molecule is [C-]#[N+]c1cccc(-c2c(-n3c4ccccc4c4ccccc43)c(-n3c4ccccc4c4ccccc43)c(-n3c4ccccc4c4c5oc6ccccc6c5ccc43)c(-n3c4ccccc4c4ccccc43)c2-n2c3ccccc3c3ccccc32)c1. The van der Waals surface area contributed by atoms with Gasteiger partial charge in [-0.15, -0.1) is 0 Å². The predicted octanol–water partition coefficient (Wildman–Crippen LogP) is 21.3. The Balaban J connectivity index is 1.22. The van der Waals surface area contributed by atoms with Crippen molar-refractivity contribution in [3.63, 3.8) is 0 Å². The normalized spacial score (nSPS) is 12.2. The van der Waals surface area contributed by atoms with E-state index in [1.165, 1.54) is 0 Å².